The van der Waals surface area contributed by atoms with Crippen LogP contribution in [-0.4, -0.2) is 30.8 Å². The molecule has 0 spiro atoms. The van der Waals surface area contributed by atoms with Gasteiger partial charge in [-0.1, -0.05) is 11.2 Å². The van der Waals surface area contributed by atoms with Gasteiger partial charge in [-0.25, -0.2) is 9.97 Å². The molecular formula is C10H12N6O. The fourth-order valence-corrected chi connectivity index (χ4v) is 1.47. The van der Waals surface area contributed by atoms with Crippen molar-refractivity contribution < 1.29 is 5.21 Å². The molecule has 0 saturated carbocycles. The van der Waals surface area contributed by atoms with Crippen molar-refractivity contribution in [2.45, 2.75) is 13.8 Å². The van der Waals surface area contributed by atoms with Crippen molar-refractivity contribution >= 4 is 5.84 Å². The predicted octanol–water partition coefficient (Wildman–Crippen LogP) is 0.374. The van der Waals surface area contributed by atoms with E-state index in [0.717, 1.165) is 5.82 Å². The van der Waals surface area contributed by atoms with E-state index in [2.05, 4.69) is 20.2 Å². The van der Waals surface area contributed by atoms with Crippen molar-refractivity contribution in [1.82, 2.24) is 19.7 Å². The Morgan fingerprint density at radius 2 is 2.12 bits per heavy atom. The van der Waals surface area contributed by atoms with Gasteiger partial charge in [0.2, 0.25) is 0 Å². The first-order valence-electron chi connectivity index (χ1n) is 4.97. The van der Waals surface area contributed by atoms with E-state index >= 15 is 0 Å². The molecule has 0 aromatic carbocycles. The van der Waals surface area contributed by atoms with Crippen LogP contribution in [0.1, 0.15) is 17.3 Å². The summed E-state index contributed by atoms with van der Waals surface area (Å²) in [6, 6.07) is 5.18. The van der Waals surface area contributed by atoms with Crippen LogP contribution in [0.25, 0.3) is 5.82 Å². The van der Waals surface area contributed by atoms with Crippen LogP contribution >= 0.6 is 0 Å². The van der Waals surface area contributed by atoms with Gasteiger partial charge in [0, 0.05) is 0 Å². The highest BCUT2D eigenvalue weighted by Gasteiger charge is 2.08. The Kier molecular flexibility index (Phi) is 2.73. The molecule has 0 amide bonds. The van der Waals surface area contributed by atoms with Crippen molar-refractivity contribution in [2.75, 3.05) is 0 Å². The topological polar surface area (TPSA) is 102 Å². The molecule has 3 N–H and O–H groups in total. The molecule has 7 nitrogen and oxygen atoms in total. The lowest BCUT2D eigenvalue weighted by Gasteiger charge is -2.03. The minimum absolute atomic E-state index is 0.0404. The van der Waals surface area contributed by atoms with E-state index in [1.807, 2.05) is 6.92 Å². The van der Waals surface area contributed by atoms with Gasteiger partial charge < -0.3 is 10.9 Å². The molecule has 0 fully saturated rings. The van der Waals surface area contributed by atoms with E-state index in [9.17, 15) is 0 Å². The fourth-order valence-electron chi connectivity index (χ4n) is 1.47. The van der Waals surface area contributed by atoms with Gasteiger partial charge in [0.25, 0.3) is 0 Å². The van der Waals surface area contributed by atoms with E-state index in [4.69, 9.17) is 10.9 Å². The molecule has 0 aliphatic carbocycles. The number of aryl methyl sites for hydroxylation is 2. The number of nitrogens with zero attached hydrogens (tertiary/aromatic N) is 5. The highest BCUT2D eigenvalue weighted by Crippen LogP contribution is 2.07. The lowest BCUT2D eigenvalue weighted by molar-refractivity contribution is 0.318. The molecule has 0 saturated heterocycles. The van der Waals surface area contributed by atoms with Gasteiger partial charge in [0.15, 0.2) is 11.7 Å². The SMILES string of the molecule is Cc1nc(C)n(-c2cccc(C(N)=NO)n2)n1. The van der Waals surface area contributed by atoms with Crippen molar-refractivity contribution in [3.8, 4) is 5.82 Å². The molecule has 0 aliphatic rings. The first-order valence-corrected chi connectivity index (χ1v) is 4.97. The second kappa shape index (κ2) is 4.20. The van der Waals surface area contributed by atoms with Crippen molar-refractivity contribution in [3.63, 3.8) is 0 Å². The molecule has 0 radical (unpaired) electrons. The summed E-state index contributed by atoms with van der Waals surface area (Å²) in [4.78, 5) is 8.42. The smallest absolute Gasteiger partial charge is 0.188 e. The Balaban J connectivity index is 2.50. The molecule has 88 valence electrons. The van der Waals surface area contributed by atoms with E-state index in [-0.39, 0.29) is 5.84 Å². The Hall–Kier alpha value is -2.44. The number of pyridine rings is 1. The molecule has 2 aromatic rings. The van der Waals surface area contributed by atoms with E-state index in [1.54, 1.807) is 29.8 Å². The maximum absolute atomic E-state index is 8.60. The quantitative estimate of drug-likeness (QED) is 0.337. The molecule has 2 heterocycles. The highest BCUT2D eigenvalue weighted by molar-refractivity contribution is 5.95. The molecule has 7 heteroatoms. The summed E-state index contributed by atoms with van der Waals surface area (Å²) in [7, 11) is 0. The summed E-state index contributed by atoms with van der Waals surface area (Å²) >= 11 is 0. The van der Waals surface area contributed by atoms with Crippen molar-refractivity contribution in [3.05, 3.63) is 35.5 Å². The van der Waals surface area contributed by atoms with Gasteiger partial charge in [-0.3, -0.25) is 0 Å². The zero-order chi connectivity index (χ0) is 12.4. The summed E-state index contributed by atoms with van der Waals surface area (Å²) in [5, 5.41) is 15.7. The van der Waals surface area contributed by atoms with Crippen LogP contribution in [-0.2, 0) is 0 Å². The third kappa shape index (κ3) is 2.07. The highest BCUT2D eigenvalue weighted by atomic mass is 16.4. The summed E-state index contributed by atoms with van der Waals surface area (Å²) in [5.41, 5.74) is 5.86. The van der Waals surface area contributed by atoms with Crippen LogP contribution in [0.4, 0.5) is 0 Å². The number of hydrogen-bond donors (Lipinski definition) is 2. The normalized spacial score (nSPS) is 11.8. The third-order valence-corrected chi connectivity index (χ3v) is 2.20. The number of aromatic nitrogens is 4. The van der Waals surface area contributed by atoms with Gasteiger partial charge >= 0.3 is 0 Å². The lowest BCUT2D eigenvalue weighted by atomic mass is 10.3. The van der Waals surface area contributed by atoms with Gasteiger partial charge in [-0.15, -0.1) is 5.10 Å². The Bertz CT molecular complexity index is 574. The summed E-state index contributed by atoms with van der Waals surface area (Å²) in [5.74, 6) is 1.93. The zero-order valence-corrected chi connectivity index (χ0v) is 9.49. The summed E-state index contributed by atoms with van der Waals surface area (Å²) < 4.78 is 1.60. The van der Waals surface area contributed by atoms with Gasteiger partial charge in [-0.2, -0.15) is 4.68 Å². The number of nitrogens with two attached hydrogens (primary N) is 1. The summed E-state index contributed by atoms with van der Waals surface area (Å²) in [6.45, 7) is 3.63. The van der Waals surface area contributed by atoms with Crippen molar-refractivity contribution in [1.29, 1.82) is 0 Å². The van der Waals surface area contributed by atoms with Gasteiger partial charge in [0.1, 0.15) is 17.3 Å². The molecule has 2 rings (SSSR count). The Labute approximate surface area is 97.6 Å². The maximum atomic E-state index is 8.60. The Morgan fingerprint density at radius 3 is 2.71 bits per heavy atom. The van der Waals surface area contributed by atoms with Crippen LogP contribution in [0.15, 0.2) is 23.4 Å². The summed E-state index contributed by atoms with van der Waals surface area (Å²) in [6.07, 6.45) is 0. The number of hydrogen-bond acceptors (Lipinski definition) is 5. The fraction of sp³-hybridized carbons (Fsp3) is 0.200. The van der Waals surface area contributed by atoms with E-state index in [0.29, 0.717) is 17.3 Å². The molecule has 0 unspecified atom stereocenters. The first-order chi connectivity index (χ1) is 8.11. The second-order valence-electron chi connectivity index (χ2n) is 3.48. The number of amidine groups is 1. The van der Waals surface area contributed by atoms with Crippen LogP contribution in [0.5, 0.6) is 0 Å². The molecule has 17 heavy (non-hydrogen) atoms. The molecule has 0 aliphatic heterocycles. The van der Waals surface area contributed by atoms with Crippen LogP contribution in [0.3, 0.4) is 0 Å². The predicted molar refractivity (Wildman–Crippen MR) is 61.1 cm³/mol. The molecule has 0 bridgehead atoms. The average Bonchev–Trinajstić information content (AvgIpc) is 2.67. The van der Waals surface area contributed by atoms with Crippen LogP contribution < -0.4 is 5.73 Å². The number of oxime groups is 1. The Morgan fingerprint density at radius 1 is 1.35 bits per heavy atom. The zero-order valence-electron chi connectivity index (χ0n) is 9.49. The van der Waals surface area contributed by atoms with Crippen LogP contribution in [0, 0.1) is 13.8 Å². The number of rotatable bonds is 2. The largest absolute Gasteiger partial charge is 0.409 e. The first kappa shape index (κ1) is 11.1. The lowest BCUT2D eigenvalue weighted by Crippen LogP contribution is -2.16. The third-order valence-electron chi connectivity index (χ3n) is 2.20. The van der Waals surface area contributed by atoms with Crippen LogP contribution in [0.2, 0.25) is 0 Å². The minimum atomic E-state index is -0.0404. The minimum Gasteiger partial charge on any atom is -0.409 e. The maximum Gasteiger partial charge on any atom is 0.188 e. The standard InChI is InChI=1S/C10H12N6O/c1-6-12-7(2)16(14-6)9-5-3-4-8(13-9)10(11)15-17/h3-5,17H,1-2H3,(H2,11,15). The molecular weight excluding hydrogens is 220 g/mol. The monoisotopic (exact) mass is 232 g/mol. The van der Waals surface area contributed by atoms with E-state index < -0.39 is 0 Å². The van der Waals surface area contributed by atoms with E-state index in [1.165, 1.54) is 0 Å². The molecule has 0 atom stereocenters. The average molecular weight is 232 g/mol. The van der Waals surface area contributed by atoms with Crippen molar-refractivity contribution in [2.24, 2.45) is 10.9 Å². The second-order valence-corrected chi connectivity index (χ2v) is 3.48. The van der Waals surface area contributed by atoms with Gasteiger partial charge in [0.05, 0.1) is 0 Å². The van der Waals surface area contributed by atoms with Gasteiger partial charge in [-0.05, 0) is 26.0 Å². The molecule has 2 aromatic heterocycles.